The number of hydrogen-bond acceptors (Lipinski definition) is 7. The highest BCUT2D eigenvalue weighted by Gasteiger charge is 2.17. The van der Waals surface area contributed by atoms with Crippen LogP contribution in [0.1, 0.15) is 17.2 Å². The molecule has 0 aliphatic rings. The van der Waals surface area contributed by atoms with E-state index in [2.05, 4.69) is 32.9 Å². The molecule has 4 aromatic rings. The first-order valence-corrected chi connectivity index (χ1v) is 10.8. The highest BCUT2D eigenvalue weighted by Crippen LogP contribution is 2.31. The van der Waals surface area contributed by atoms with Crippen LogP contribution >= 0.6 is 0 Å². The van der Waals surface area contributed by atoms with Crippen molar-refractivity contribution >= 4 is 11.0 Å². The summed E-state index contributed by atoms with van der Waals surface area (Å²) >= 11 is 0. The first-order chi connectivity index (χ1) is 16.2. The molecule has 33 heavy (non-hydrogen) atoms. The number of aromatic amines is 1. The van der Waals surface area contributed by atoms with Gasteiger partial charge in [0.25, 0.3) is 0 Å². The number of hydrogen-bond donors (Lipinski definition) is 3. The Hall–Kier alpha value is -3.62. The van der Waals surface area contributed by atoms with Crippen LogP contribution in [0.5, 0.6) is 17.2 Å². The lowest BCUT2D eigenvalue weighted by Crippen LogP contribution is -2.34. The van der Waals surface area contributed by atoms with Crippen molar-refractivity contribution in [3.63, 3.8) is 0 Å². The van der Waals surface area contributed by atoms with E-state index in [-0.39, 0.29) is 12.6 Å². The Morgan fingerprint density at radius 3 is 2.55 bits per heavy atom. The van der Waals surface area contributed by atoms with Gasteiger partial charge in [-0.05, 0) is 41.8 Å². The normalized spacial score (nSPS) is 12.9. The van der Waals surface area contributed by atoms with Crippen molar-refractivity contribution in [2.45, 2.75) is 18.6 Å². The SMILES string of the molecule is COc1ccc(C(Cc2ccccc2)NC[C@H](O)COc2cccc3[nH]nnc23)cc1OC. The topological polar surface area (TPSA) is 102 Å². The number of benzene rings is 3. The fourth-order valence-electron chi connectivity index (χ4n) is 3.71. The number of fused-ring (bicyclic) bond motifs is 1. The average molecular weight is 449 g/mol. The molecule has 0 radical (unpaired) electrons. The number of rotatable bonds is 11. The third-order valence-electron chi connectivity index (χ3n) is 5.44. The largest absolute Gasteiger partial charge is 0.493 e. The third kappa shape index (κ3) is 5.60. The van der Waals surface area contributed by atoms with Gasteiger partial charge in [0.2, 0.25) is 0 Å². The molecule has 8 nitrogen and oxygen atoms in total. The van der Waals surface area contributed by atoms with E-state index in [1.165, 1.54) is 5.56 Å². The molecular formula is C25H28N4O4. The zero-order valence-corrected chi connectivity index (χ0v) is 18.7. The van der Waals surface area contributed by atoms with Crippen molar-refractivity contribution in [2.24, 2.45) is 0 Å². The summed E-state index contributed by atoms with van der Waals surface area (Å²) in [5.41, 5.74) is 3.66. The molecule has 0 amide bonds. The van der Waals surface area contributed by atoms with Crippen LogP contribution in [0.2, 0.25) is 0 Å². The zero-order valence-electron chi connectivity index (χ0n) is 18.7. The molecular weight excluding hydrogens is 420 g/mol. The van der Waals surface area contributed by atoms with Crippen molar-refractivity contribution in [1.82, 2.24) is 20.7 Å². The maximum atomic E-state index is 10.6. The monoisotopic (exact) mass is 448 g/mol. The van der Waals surface area contributed by atoms with E-state index in [1.807, 2.05) is 54.6 Å². The average Bonchev–Trinajstić information content (AvgIpc) is 3.35. The van der Waals surface area contributed by atoms with E-state index in [0.29, 0.717) is 29.3 Å². The van der Waals surface area contributed by atoms with Crippen molar-refractivity contribution < 1.29 is 19.3 Å². The van der Waals surface area contributed by atoms with Crippen LogP contribution in [0.25, 0.3) is 11.0 Å². The Kier molecular flexibility index (Phi) is 7.39. The number of H-pyrrole nitrogens is 1. The number of aliphatic hydroxyl groups excluding tert-OH is 1. The van der Waals surface area contributed by atoms with Gasteiger partial charge >= 0.3 is 0 Å². The smallest absolute Gasteiger partial charge is 0.161 e. The summed E-state index contributed by atoms with van der Waals surface area (Å²) in [4.78, 5) is 0. The number of ether oxygens (including phenoxy) is 3. The number of aromatic nitrogens is 3. The second kappa shape index (κ2) is 10.8. The summed E-state index contributed by atoms with van der Waals surface area (Å²) in [5.74, 6) is 1.93. The number of methoxy groups -OCH3 is 2. The predicted molar refractivity (Wildman–Crippen MR) is 126 cm³/mol. The minimum Gasteiger partial charge on any atom is -0.493 e. The van der Waals surface area contributed by atoms with Crippen LogP contribution < -0.4 is 19.5 Å². The molecule has 4 rings (SSSR count). The van der Waals surface area contributed by atoms with Crippen molar-refractivity contribution in [1.29, 1.82) is 0 Å². The quantitative estimate of drug-likeness (QED) is 0.324. The first kappa shape index (κ1) is 22.6. The molecule has 3 aromatic carbocycles. The van der Waals surface area contributed by atoms with E-state index < -0.39 is 6.10 Å². The maximum absolute atomic E-state index is 10.6. The summed E-state index contributed by atoms with van der Waals surface area (Å²) in [6.45, 7) is 0.476. The Labute approximate surface area is 192 Å². The van der Waals surface area contributed by atoms with E-state index in [0.717, 1.165) is 17.5 Å². The molecule has 0 saturated heterocycles. The van der Waals surface area contributed by atoms with Crippen molar-refractivity contribution in [3.8, 4) is 17.2 Å². The molecule has 3 N–H and O–H groups in total. The number of nitrogens with zero attached hydrogens (tertiary/aromatic N) is 2. The molecule has 0 aliphatic carbocycles. The lowest BCUT2D eigenvalue weighted by atomic mass is 9.98. The fraction of sp³-hybridized carbons (Fsp3) is 0.280. The summed E-state index contributed by atoms with van der Waals surface area (Å²) in [7, 11) is 3.24. The van der Waals surface area contributed by atoms with E-state index in [1.54, 1.807) is 14.2 Å². The Bertz CT molecular complexity index is 1170. The van der Waals surface area contributed by atoms with E-state index in [9.17, 15) is 5.11 Å². The molecule has 0 fully saturated rings. The molecule has 0 spiro atoms. The Morgan fingerprint density at radius 1 is 0.939 bits per heavy atom. The predicted octanol–water partition coefficient (Wildman–Crippen LogP) is 3.29. The molecule has 0 bridgehead atoms. The maximum Gasteiger partial charge on any atom is 0.161 e. The van der Waals surface area contributed by atoms with Gasteiger partial charge in [0.05, 0.1) is 19.7 Å². The van der Waals surface area contributed by atoms with Gasteiger partial charge in [0.1, 0.15) is 18.5 Å². The summed E-state index contributed by atoms with van der Waals surface area (Å²) in [5, 5.41) is 24.7. The van der Waals surface area contributed by atoms with Gasteiger partial charge in [0, 0.05) is 12.6 Å². The lowest BCUT2D eigenvalue weighted by molar-refractivity contribution is 0.104. The van der Waals surface area contributed by atoms with Gasteiger partial charge in [0.15, 0.2) is 17.0 Å². The molecule has 1 unspecified atom stereocenters. The molecule has 0 aliphatic heterocycles. The van der Waals surface area contributed by atoms with Gasteiger partial charge in [-0.25, -0.2) is 0 Å². The minimum atomic E-state index is -0.717. The standard InChI is InChI=1S/C25H28N4O4/c1-31-22-12-11-18(14-24(22)32-2)21(13-17-7-4-3-5-8-17)26-15-19(30)16-33-23-10-6-9-20-25(23)28-29-27-20/h3-12,14,19,21,26,30H,13,15-16H2,1-2H3,(H,27,28,29)/t19-,21?/m0/s1. The number of aliphatic hydroxyl groups is 1. The molecule has 1 heterocycles. The highest BCUT2D eigenvalue weighted by atomic mass is 16.5. The van der Waals surface area contributed by atoms with Crippen molar-refractivity contribution in [2.75, 3.05) is 27.4 Å². The number of nitrogens with one attached hydrogen (secondary N) is 2. The third-order valence-corrected chi connectivity index (χ3v) is 5.44. The molecule has 8 heteroatoms. The van der Waals surface area contributed by atoms with Crippen LogP contribution in [0, 0.1) is 0 Å². The van der Waals surface area contributed by atoms with Gasteiger partial charge in [-0.3, -0.25) is 5.10 Å². The van der Waals surface area contributed by atoms with Gasteiger partial charge in [-0.1, -0.05) is 47.7 Å². The molecule has 2 atom stereocenters. The minimum absolute atomic E-state index is 0.0409. The van der Waals surface area contributed by atoms with Crippen LogP contribution in [0.15, 0.2) is 66.7 Å². The fourth-order valence-corrected chi connectivity index (χ4v) is 3.71. The Morgan fingerprint density at radius 2 is 1.76 bits per heavy atom. The second-order valence-corrected chi connectivity index (χ2v) is 7.69. The lowest BCUT2D eigenvalue weighted by Gasteiger charge is -2.23. The van der Waals surface area contributed by atoms with Gasteiger partial charge in [-0.2, -0.15) is 0 Å². The van der Waals surface area contributed by atoms with Crippen LogP contribution in [-0.4, -0.2) is 54.0 Å². The van der Waals surface area contributed by atoms with Crippen molar-refractivity contribution in [3.05, 3.63) is 77.9 Å². The van der Waals surface area contributed by atoms with E-state index >= 15 is 0 Å². The highest BCUT2D eigenvalue weighted by molar-refractivity contribution is 5.80. The van der Waals surface area contributed by atoms with Crippen LogP contribution in [0.4, 0.5) is 0 Å². The van der Waals surface area contributed by atoms with Crippen LogP contribution in [0.3, 0.4) is 0 Å². The Balaban J connectivity index is 1.44. The van der Waals surface area contributed by atoms with E-state index in [4.69, 9.17) is 14.2 Å². The molecule has 0 saturated carbocycles. The first-order valence-electron chi connectivity index (χ1n) is 10.8. The van der Waals surface area contributed by atoms with Gasteiger partial charge in [-0.15, -0.1) is 5.10 Å². The summed E-state index contributed by atoms with van der Waals surface area (Å²) in [6.07, 6.45) is 0.0351. The molecule has 172 valence electrons. The second-order valence-electron chi connectivity index (χ2n) is 7.69. The molecule has 1 aromatic heterocycles. The summed E-state index contributed by atoms with van der Waals surface area (Å²) < 4.78 is 16.7. The zero-order chi connectivity index (χ0) is 23.0. The van der Waals surface area contributed by atoms with Gasteiger partial charge < -0.3 is 24.6 Å². The van der Waals surface area contributed by atoms with Crippen LogP contribution in [-0.2, 0) is 6.42 Å². The summed E-state index contributed by atoms with van der Waals surface area (Å²) in [6, 6.07) is 21.6.